The molecule has 1 N–H and O–H groups in total. The first-order chi connectivity index (χ1) is 10.8. The molecule has 0 bridgehead atoms. The van der Waals surface area contributed by atoms with E-state index in [9.17, 15) is 9.59 Å². The zero-order valence-electron chi connectivity index (χ0n) is 14.2. The van der Waals surface area contributed by atoms with Gasteiger partial charge < -0.3 is 14.8 Å². The SMILES string of the molecule is COCC(=O)OCC(=O)NC1CCCc2c1cnn2C(C)(C)C. The van der Waals surface area contributed by atoms with Gasteiger partial charge >= 0.3 is 5.97 Å². The normalized spacial score (nSPS) is 17.5. The third-order valence-corrected chi connectivity index (χ3v) is 3.78. The fraction of sp³-hybridized carbons (Fsp3) is 0.688. The molecule has 0 aromatic carbocycles. The van der Waals surface area contributed by atoms with Crippen LogP contribution in [0.25, 0.3) is 0 Å². The quantitative estimate of drug-likeness (QED) is 0.827. The summed E-state index contributed by atoms with van der Waals surface area (Å²) in [5.41, 5.74) is 2.14. The maximum Gasteiger partial charge on any atom is 0.332 e. The Balaban J connectivity index is 2.00. The molecule has 23 heavy (non-hydrogen) atoms. The maximum atomic E-state index is 12.0. The van der Waals surface area contributed by atoms with Gasteiger partial charge in [-0.1, -0.05) is 0 Å². The number of rotatable bonds is 5. The number of carbonyl (C=O) groups excluding carboxylic acids is 2. The second kappa shape index (κ2) is 7.12. The monoisotopic (exact) mass is 323 g/mol. The van der Waals surface area contributed by atoms with Crippen LogP contribution < -0.4 is 5.32 Å². The Kier molecular flexibility index (Phi) is 5.41. The van der Waals surface area contributed by atoms with E-state index in [0.29, 0.717) is 0 Å². The summed E-state index contributed by atoms with van der Waals surface area (Å²) in [5.74, 6) is -0.858. The molecule has 1 aliphatic rings. The average molecular weight is 323 g/mol. The average Bonchev–Trinajstić information content (AvgIpc) is 2.90. The van der Waals surface area contributed by atoms with E-state index in [4.69, 9.17) is 4.74 Å². The van der Waals surface area contributed by atoms with Crippen molar-refractivity contribution in [3.8, 4) is 0 Å². The van der Waals surface area contributed by atoms with Gasteiger partial charge in [-0.05, 0) is 40.0 Å². The molecule has 1 aromatic rings. The van der Waals surface area contributed by atoms with E-state index >= 15 is 0 Å². The largest absolute Gasteiger partial charge is 0.454 e. The van der Waals surface area contributed by atoms with Crippen molar-refractivity contribution in [2.75, 3.05) is 20.3 Å². The van der Waals surface area contributed by atoms with Crippen LogP contribution in [0.5, 0.6) is 0 Å². The molecule has 7 heteroatoms. The molecule has 7 nitrogen and oxygen atoms in total. The van der Waals surface area contributed by atoms with Crippen LogP contribution in [0.15, 0.2) is 6.20 Å². The Hall–Kier alpha value is -1.89. The number of hydrogen-bond acceptors (Lipinski definition) is 5. The third kappa shape index (κ3) is 4.31. The van der Waals surface area contributed by atoms with E-state index in [0.717, 1.165) is 24.8 Å². The Morgan fingerprint density at radius 1 is 1.39 bits per heavy atom. The summed E-state index contributed by atoms with van der Waals surface area (Å²) in [6.07, 6.45) is 4.65. The Bertz CT molecular complexity index is 574. The minimum atomic E-state index is -0.549. The number of nitrogens with zero attached hydrogens (tertiary/aromatic N) is 2. The van der Waals surface area contributed by atoms with Gasteiger partial charge in [-0.2, -0.15) is 5.10 Å². The van der Waals surface area contributed by atoms with Crippen LogP contribution in [0.4, 0.5) is 0 Å². The summed E-state index contributed by atoms with van der Waals surface area (Å²) in [6, 6.07) is -0.0801. The molecule has 0 radical (unpaired) electrons. The van der Waals surface area contributed by atoms with Crippen molar-refractivity contribution in [3.63, 3.8) is 0 Å². The van der Waals surface area contributed by atoms with Gasteiger partial charge in [0.15, 0.2) is 6.61 Å². The minimum absolute atomic E-state index is 0.0801. The highest BCUT2D eigenvalue weighted by Crippen LogP contribution is 2.32. The first kappa shape index (κ1) is 17.5. The van der Waals surface area contributed by atoms with E-state index in [1.165, 1.54) is 12.8 Å². The number of esters is 1. The van der Waals surface area contributed by atoms with Crippen molar-refractivity contribution in [2.24, 2.45) is 0 Å². The van der Waals surface area contributed by atoms with Crippen LogP contribution in [-0.4, -0.2) is 42.0 Å². The molecule has 1 unspecified atom stereocenters. The maximum absolute atomic E-state index is 12.0. The fourth-order valence-corrected chi connectivity index (χ4v) is 2.83. The third-order valence-electron chi connectivity index (χ3n) is 3.78. The van der Waals surface area contributed by atoms with E-state index < -0.39 is 5.97 Å². The summed E-state index contributed by atoms with van der Waals surface area (Å²) in [4.78, 5) is 23.2. The zero-order valence-corrected chi connectivity index (χ0v) is 14.2. The van der Waals surface area contributed by atoms with Gasteiger partial charge in [0.05, 0.1) is 17.8 Å². The Morgan fingerprint density at radius 2 is 2.13 bits per heavy atom. The smallest absolute Gasteiger partial charge is 0.332 e. The lowest BCUT2D eigenvalue weighted by Crippen LogP contribution is -2.35. The van der Waals surface area contributed by atoms with E-state index in [2.05, 4.69) is 35.9 Å². The molecule has 1 atom stereocenters. The fourth-order valence-electron chi connectivity index (χ4n) is 2.83. The molecule has 0 fully saturated rings. The standard InChI is InChI=1S/C16H25N3O4/c1-16(2,3)19-13-7-5-6-12(11(13)8-17-19)18-14(20)9-23-15(21)10-22-4/h8,12H,5-7,9-10H2,1-4H3,(H,18,20). The first-order valence-electron chi connectivity index (χ1n) is 7.84. The summed E-state index contributed by atoms with van der Waals surface area (Å²) in [7, 11) is 1.40. The highest BCUT2D eigenvalue weighted by molar-refractivity contribution is 5.81. The lowest BCUT2D eigenvalue weighted by atomic mass is 9.92. The number of fused-ring (bicyclic) bond motifs is 1. The molecule has 1 amide bonds. The minimum Gasteiger partial charge on any atom is -0.454 e. The molecule has 128 valence electrons. The number of ether oxygens (including phenoxy) is 2. The molecule has 0 aliphatic heterocycles. The molecular formula is C16H25N3O4. The van der Waals surface area contributed by atoms with Crippen molar-refractivity contribution in [2.45, 2.75) is 51.6 Å². The highest BCUT2D eigenvalue weighted by Gasteiger charge is 2.29. The molecule has 1 aromatic heterocycles. The summed E-state index contributed by atoms with van der Waals surface area (Å²) in [5, 5.41) is 7.42. The Labute approximate surface area is 136 Å². The summed E-state index contributed by atoms with van der Waals surface area (Å²) >= 11 is 0. The second-order valence-corrected chi connectivity index (χ2v) is 6.74. The van der Waals surface area contributed by atoms with Crippen LogP contribution in [0, 0.1) is 0 Å². The van der Waals surface area contributed by atoms with Crippen LogP contribution >= 0.6 is 0 Å². The van der Waals surface area contributed by atoms with Crippen molar-refractivity contribution in [1.82, 2.24) is 15.1 Å². The van der Waals surface area contributed by atoms with Gasteiger partial charge in [0.2, 0.25) is 0 Å². The van der Waals surface area contributed by atoms with Crippen molar-refractivity contribution < 1.29 is 19.1 Å². The summed E-state index contributed by atoms with van der Waals surface area (Å²) < 4.78 is 11.5. The van der Waals surface area contributed by atoms with Gasteiger partial charge in [0.1, 0.15) is 6.61 Å². The van der Waals surface area contributed by atoms with Gasteiger partial charge in [-0.15, -0.1) is 0 Å². The van der Waals surface area contributed by atoms with Crippen LogP contribution in [0.1, 0.15) is 50.9 Å². The van der Waals surface area contributed by atoms with Crippen molar-refractivity contribution in [1.29, 1.82) is 0 Å². The number of carbonyl (C=O) groups is 2. The van der Waals surface area contributed by atoms with E-state index in [-0.39, 0.29) is 30.7 Å². The van der Waals surface area contributed by atoms with Crippen molar-refractivity contribution in [3.05, 3.63) is 17.5 Å². The van der Waals surface area contributed by atoms with Gasteiger partial charge in [0, 0.05) is 18.4 Å². The molecule has 0 spiro atoms. The number of methoxy groups -OCH3 is 1. The second-order valence-electron chi connectivity index (χ2n) is 6.74. The van der Waals surface area contributed by atoms with Crippen LogP contribution in [0.2, 0.25) is 0 Å². The lowest BCUT2D eigenvalue weighted by Gasteiger charge is -2.28. The zero-order chi connectivity index (χ0) is 17.0. The predicted molar refractivity (Wildman–Crippen MR) is 83.9 cm³/mol. The number of aromatic nitrogens is 2. The highest BCUT2D eigenvalue weighted by atomic mass is 16.6. The molecular weight excluding hydrogens is 298 g/mol. The van der Waals surface area contributed by atoms with Gasteiger partial charge in [0.25, 0.3) is 5.91 Å². The van der Waals surface area contributed by atoms with Gasteiger partial charge in [-0.25, -0.2) is 4.79 Å². The van der Waals surface area contributed by atoms with Crippen LogP contribution in [0.3, 0.4) is 0 Å². The predicted octanol–water partition coefficient (Wildman–Crippen LogP) is 1.32. The molecule has 1 heterocycles. The lowest BCUT2D eigenvalue weighted by molar-refractivity contribution is -0.152. The van der Waals surface area contributed by atoms with Crippen molar-refractivity contribution >= 4 is 11.9 Å². The number of hydrogen-bond donors (Lipinski definition) is 1. The molecule has 0 saturated carbocycles. The molecule has 1 aliphatic carbocycles. The summed E-state index contributed by atoms with van der Waals surface area (Å²) in [6.45, 7) is 5.88. The molecule has 2 rings (SSSR count). The number of nitrogens with one attached hydrogen (secondary N) is 1. The van der Waals surface area contributed by atoms with E-state index in [1.54, 1.807) is 0 Å². The first-order valence-corrected chi connectivity index (χ1v) is 7.84. The van der Waals surface area contributed by atoms with Crippen LogP contribution in [-0.2, 0) is 31.0 Å². The molecule has 0 saturated heterocycles. The topological polar surface area (TPSA) is 82.4 Å². The number of amides is 1. The Morgan fingerprint density at radius 3 is 2.78 bits per heavy atom. The van der Waals surface area contributed by atoms with Gasteiger partial charge in [-0.3, -0.25) is 9.48 Å². The van der Waals surface area contributed by atoms with E-state index in [1.807, 2.05) is 10.9 Å².